The van der Waals surface area contributed by atoms with Crippen molar-refractivity contribution in [2.75, 3.05) is 27.0 Å². The van der Waals surface area contributed by atoms with Crippen molar-refractivity contribution in [1.82, 2.24) is 4.90 Å². The van der Waals surface area contributed by atoms with Gasteiger partial charge in [0.1, 0.15) is 5.75 Å². The van der Waals surface area contributed by atoms with Gasteiger partial charge in [-0.3, -0.25) is 9.59 Å². The van der Waals surface area contributed by atoms with Crippen LogP contribution < -0.4 is 14.2 Å². The van der Waals surface area contributed by atoms with E-state index in [1.54, 1.807) is 31.4 Å². The van der Waals surface area contributed by atoms with E-state index in [1.165, 1.54) is 0 Å². The van der Waals surface area contributed by atoms with Gasteiger partial charge in [0.25, 0.3) is 0 Å². The fourth-order valence-electron chi connectivity index (χ4n) is 3.73. The zero-order valence-electron chi connectivity index (χ0n) is 15.8. The molecule has 28 heavy (non-hydrogen) atoms. The van der Waals surface area contributed by atoms with Crippen LogP contribution in [0, 0.1) is 0 Å². The number of likely N-dealkylation sites (tertiary alicyclic amines) is 1. The Balaban J connectivity index is 1.30. The molecule has 1 atom stereocenters. The minimum atomic E-state index is -0.0254. The molecule has 0 aromatic heterocycles. The van der Waals surface area contributed by atoms with Gasteiger partial charge in [0.15, 0.2) is 17.3 Å². The van der Waals surface area contributed by atoms with Gasteiger partial charge in [0.2, 0.25) is 12.7 Å². The van der Waals surface area contributed by atoms with Crippen LogP contribution >= 0.6 is 0 Å². The number of carbonyl (C=O) groups is 2. The largest absolute Gasteiger partial charge is 0.497 e. The summed E-state index contributed by atoms with van der Waals surface area (Å²) in [6.07, 6.45) is 1.37. The lowest BCUT2D eigenvalue weighted by molar-refractivity contribution is -0.130. The molecule has 0 radical (unpaired) electrons. The summed E-state index contributed by atoms with van der Waals surface area (Å²) in [4.78, 5) is 26.7. The summed E-state index contributed by atoms with van der Waals surface area (Å²) in [5.41, 5.74) is 1.77. The maximum absolute atomic E-state index is 12.6. The first-order valence-corrected chi connectivity index (χ1v) is 9.48. The van der Waals surface area contributed by atoms with Crippen LogP contribution in [0.1, 0.15) is 41.1 Å². The first kappa shape index (κ1) is 18.3. The van der Waals surface area contributed by atoms with Crippen LogP contribution in [-0.4, -0.2) is 43.6 Å². The van der Waals surface area contributed by atoms with Gasteiger partial charge >= 0.3 is 0 Å². The molecule has 2 aromatic carbocycles. The van der Waals surface area contributed by atoms with Crippen LogP contribution in [0.2, 0.25) is 0 Å². The van der Waals surface area contributed by atoms with Crippen molar-refractivity contribution in [2.24, 2.45) is 0 Å². The molecule has 146 valence electrons. The SMILES string of the molecule is COc1ccc(C(=O)CCC(=O)N2CCC(c3ccc4c(c3)OCO4)C2)cc1. The van der Waals surface area contributed by atoms with Crippen molar-refractivity contribution in [2.45, 2.75) is 25.2 Å². The highest BCUT2D eigenvalue weighted by atomic mass is 16.7. The summed E-state index contributed by atoms with van der Waals surface area (Å²) in [7, 11) is 1.59. The highest BCUT2D eigenvalue weighted by molar-refractivity contribution is 5.98. The van der Waals surface area contributed by atoms with Crippen LogP contribution in [0.4, 0.5) is 0 Å². The third-order valence-electron chi connectivity index (χ3n) is 5.39. The van der Waals surface area contributed by atoms with Crippen LogP contribution in [0.25, 0.3) is 0 Å². The number of methoxy groups -OCH3 is 1. The molecule has 0 bridgehead atoms. The van der Waals surface area contributed by atoms with Crippen molar-refractivity contribution in [3.63, 3.8) is 0 Å². The molecule has 0 spiro atoms. The topological polar surface area (TPSA) is 65.1 Å². The molecular weight excluding hydrogens is 358 g/mol. The Morgan fingerprint density at radius 2 is 1.86 bits per heavy atom. The standard InChI is InChI=1S/C22H23NO5/c1-26-18-5-2-15(3-6-18)19(24)7-9-22(25)23-11-10-17(13-23)16-4-8-20-21(12-16)28-14-27-20/h2-6,8,12,17H,7,9-11,13-14H2,1H3. The molecule has 1 saturated heterocycles. The van der Waals surface area contributed by atoms with E-state index in [2.05, 4.69) is 0 Å². The predicted molar refractivity (Wildman–Crippen MR) is 103 cm³/mol. The summed E-state index contributed by atoms with van der Waals surface area (Å²) >= 11 is 0. The summed E-state index contributed by atoms with van der Waals surface area (Å²) in [6.45, 7) is 1.65. The number of benzene rings is 2. The molecule has 2 aliphatic heterocycles. The van der Waals surface area contributed by atoms with Crippen LogP contribution in [-0.2, 0) is 4.79 Å². The van der Waals surface area contributed by atoms with Gasteiger partial charge in [0, 0.05) is 37.4 Å². The van der Waals surface area contributed by atoms with Crippen molar-refractivity contribution in [1.29, 1.82) is 0 Å². The molecule has 6 nitrogen and oxygen atoms in total. The number of ether oxygens (including phenoxy) is 3. The highest BCUT2D eigenvalue weighted by Crippen LogP contribution is 2.37. The van der Waals surface area contributed by atoms with E-state index in [0.717, 1.165) is 23.5 Å². The number of nitrogens with zero attached hydrogens (tertiary/aromatic N) is 1. The molecule has 6 heteroatoms. The zero-order valence-corrected chi connectivity index (χ0v) is 15.8. The first-order valence-electron chi connectivity index (χ1n) is 9.48. The average molecular weight is 381 g/mol. The molecule has 1 fully saturated rings. The van der Waals surface area contributed by atoms with E-state index in [4.69, 9.17) is 14.2 Å². The lowest BCUT2D eigenvalue weighted by atomic mass is 9.98. The summed E-state index contributed by atoms with van der Waals surface area (Å²) in [5, 5.41) is 0. The second-order valence-electron chi connectivity index (χ2n) is 7.09. The van der Waals surface area contributed by atoms with E-state index in [-0.39, 0.29) is 37.2 Å². The van der Waals surface area contributed by atoms with Gasteiger partial charge in [0.05, 0.1) is 7.11 Å². The number of hydrogen-bond acceptors (Lipinski definition) is 5. The minimum absolute atomic E-state index is 0.0254. The fourth-order valence-corrected chi connectivity index (χ4v) is 3.73. The van der Waals surface area contributed by atoms with E-state index >= 15 is 0 Å². The number of carbonyl (C=O) groups excluding carboxylic acids is 2. The van der Waals surface area contributed by atoms with Crippen LogP contribution in [0.5, 0.6) is 17.2 Å². The second-order valence-corrected chi connectivity index (χ2v) is 7.09. The Morgan fingerprint density at radius 1 is 1.07 bits per heavy atom. The van der Waals surface area contributed by atoms with Gasteiger partial charge in [-0.1, -0.05) is 6.07 Å². The fraction of sp³-hybridized carbons (Fsp3) is 0.364. The predicted octanol–water partition coefficient (Wildman–Crippen LogP) is 3.40. The number of amides is 1. The summed E-state index contributed by atoms with van der Waals surface area (Å²) < 4.78 is 15.9. The summed E-state index contributed by atoms with van der Waals surface area (Å²) in [6, 6.07) is 13.0. The van der Waals surface area contributed by atoms with Crippen molar-refractivity contribution < 1.29 is 23.8 Å². The van der Waals surface area contributed by atoms with Gasteiger partial charge in [-0.15, -0.1) is 0 Å². The van der Waals surface area contributed by atoms with Crippen LogP contribution in [0.15, 0.2) is 42.5 Å². The Hall–Kier alpha value is -3.02. The molecule has 2 heterocycles. The normalized spacial score (nSPS) is 17.6. The van der Waals surface area contributed by atoms with E-state index in [9.17, 15) is 9.59 Å². The van der Waals surface area contributed by atoms with E-state index < -0.39 is 0 Å². The van der Waals surface area contributed by atoms with Gasteiger partial charge in [-0.25, -0.2) is 0 Å². The third kappa shape index (κ3) is 3.81. The van der Waals surface area contributed by atoms with Gasteiger partial charge in [-0.05, 0) is 48.4 Å². The van der Waals surface area contributed by atoms with Crippen molar-refractivity contribution in [3.8, 4) is 17.2 Å². The van der Waals surface area contributed by atoms with Gasteiger partial charge in [-0.2, -0.15) is 0 Å². The lowest BCUT2D eigenvalue weighted by Crippen LogP contribution is -2.28. The molecule has 0 saturated carbocycles. The smallest absolute Gasteiger partial charge is 0.231 e. The van der Waals surface area contributed by atoms with Crippen LogP contribution in [0.3, 0.4) is 0 Å². The molecule has 1 unspecified atom stereocenters. The first-order chi connectivity index (χ1) is 13.6. The maximum Gasteiger partial charge on any atom is 0.231 e. The Kier molecular flexibility index (Phi) is 5.19. The van der Waals surface area contributed by atoms with Crippen molar-refractivity contribution in [3.05, 3.63) is 53.6 Å². The highest BCUT2D eigenvalue weighted by Gasteiger charge is 2.28. The average Bonchev–Trinajstić information content (AvgIpc) is 3.40. The molecule has 0 aliphatic carbocycles. The minimum Gasteiger partial charge on any atom is -0.497 e. The molecule has 1 amide bonds. The van der Waals surface area contributed by atoms with E-state index in [0.29, 0.717) is 24.4 Å². The second kappa shape index (κ2) is 7.92. The lowest BCUT2D eigenvalue weighted by Gasteiger charge is -2.17. The molecule has 0 N–H and O–H groups in total. The zero-order chi connectivity index (χ0) is 19.5. The Bertz CT molecular complexity index is 877. The maximum atomic E-state index is 12.6. The van der Waals surface area contributed by atoms with Gasteiger partial charge < -0.3 is 19.1 Å². The van der Waals surface area contributed by atoms with E-state index in [1.807, 2.05) is 23.1 Å². The number of fused-ring (bicyclic) bond motifs is 1. The molecule has 2 aromatic rings. The summed E-state index contributed by atoms with van der Waals surface area (Å²) in [5.74, 6) is 2.54. The number of Topliss-reactive ketones (excluding diaryl/α,β-unsaturated/α-hetero) is 1. The van der Waals surface area contributed by atoms with Crippen molar-refractivity contribution >= 4 is 11.7 Å². The Morgan fingerprint density at radius 3 is 2.64 bits per heavy atom. The number of rotatable bonds is 6. The third-order valence-corrected chi connectivity index (χ3v) is 5.39. The Labute approximate surface area is 164 Å². The molecule has 4 rings (SSSR count). The number of hydrogen-bond donors (Lipinski definition) is 0. The number of ketones is 1. The monoisotopic (exact) mass is 381 g/mol. The quantitative estimate of drug-likeness (QED) is 0.718. The molecule has 2 aliphatic rings. The molecular formula is C22H23NO5.